The molecule has 3 N–H and O–H groups in total. The van der Waals surface area contributed by atoms with Crippen molar-refractivity contribution in [1.29, 1.82) is 5.26 Å². The molecule has 2 saturated heterocycles. The number of H-pyrrole nitrogens is 1. The first-order valence-corrected chi connectivity index (χ1v) is 13.1. The van der Waals surface area contributed by atoms with Gasteiger partial charge in [-0.1, -0.05) is 17.7 Å². The van der Waals surface area contributed by atoms with Crippen LogP contribution in [0.2, 0.25) is 5.02 Å². The third-order valence-corrected chi connectivity index (χ3v) is 8.35. The molecule has 1 aromatic heterocycles. The Balaban J connectivity index is 1.42. The lowest BCUT2D eigenvalue weighted by Crippen LogP contribution is -2.52. The van der Waals surface area contributed by atoms with Crippen molar-refractivity contribution in [3.8, 4) is 6.07 Å². The van der Waals surface area contributed by atoms with E-state index in [0.717, 1.165) is 12.5 Å². The number of carbonyl (C=O) groups excluding carboxylic acids is 3. The maximum Gasteiger partial charge on any atom is 0.271 e. The van der Waals surface area contributed by atoms with Crippen molar-refractivity contribution in [2.75, 3.05) is 13.1 Å². The summed E-state index contributed by atoms with van der Waals surface area (Å²) >= 11 is 6.16. The van der Waals surface area contributed by atoms with Gasteiger partial charge >= 0.3 is 0 Å². The topological polar surface area (TPSA) is 118 Å². The number of aromatic amines is 1. The number of nitriles is 1. The van der Waals surface area contributed by atoms with Crippen LogP contribution < -0.4 is 10.6 Å². The molecule has 208 valence electrons. The molecule has 8 nitrogen and oxygen atoms in total. The van der Waals surface area contributed by atoms with Gasteiger partial charge in [-0.05, 0) is 43.2 Å². The Bertz CT molecular complexity index is 1360. The van der Waals surface area contributed by atoms with Gasteiger partial charge in [-0.3, -0.25) is 14.4 Å². The molecule has 0 bridgehead atoms. The molecule has 3 aliphatic rings. The third-order valence-electron chi connectivity index (χ3n) is 8.04. The number of amides is 3. The minimum atomic E-state index is -3.00. The van der Waals surface area contributed by atoms with Crippen LogP contribution in [-0.4, -0.2) is 58.7 Å². The van der Waals surface area contributed by atoms with Crippen LogP contribution in [0.5, 0.6) is 0 Å². The molecule has 5 rings (SSSR count). The van der Waals surface area contributed by atoms with Crippen LogP contribution in [0, 0.1) is 29.1 Å². The van der Waals surface area contributed by atoms with Crippen molar-refractivity contribution in [3.63, 3.8) is 0 Å². The molecule has 39 heavy (non-hydrogen) atoms. The number of rotatable bonds is 6. The van der Waals surface area contributed by atoms with Crippen molar-refractivity contribution >= 4 is 40.2 Å². The van der Waals surface area contributed by atoms with Crippen molar-refractivity contribution in [3.05, 3.63) is 34.5 Å². The van der Waals surface area contributed by atoms with Gasteiger partial charge in [0.2, 0.25) is 17.7 Å². The number of alkyl halides is 4. The second-order valence-electron chi connectivity index (χ2n) is 10.6. The van der Waals surface area contributed by atoms with Crippen LogP contribution in [0.25, 0.3) is 10.9 Å². The van der Waals surface area contributed by atoms with Gasteiger partial charge < -0.3 is 20.5 Å². The standard InChI is InChI=1S/C26H26ClF4N5O3/c27-18-4-3-15(22(28)29)16-7-19(35-20(16)18)25(39)36-11-13-8-26(30,31)9-17(13)21(36)24(38)34-14(10-32)6-12-2-1-5-33-23(12)37/h3-4,7,12-14,17,21-22,35H,1-2,5-6,8-9,11H2,(H,33,37)(H,34,38)/t12-,13+,14-,17+,21-/m0/s1. The Labute approximate surface area is 226 Å². The lowest BCUT2D eigenvalue weighted by atomic mass is 9.90. The quantitative estimate of drug-likeness (QED) is 0.454. The Morgan fingerprint density at radius 2 is 2.05 bits per heavy atom. The predicted molar refractivity (Wildman–Crippen MR) is 132 cm³/mol. The number of likely N-dealkylation sites (tertiary alicyclic amines) is 1. The second-order valence-corrected chi connectivity index (χ2v) is 11.0. The summed E-state index contributed by atoms with van der Waals surface area (Å²) in [5, 5.41) is 15.1. The van der Waals surface area contributed by atoms with Crippen LogP contribution in [0.15, 0.2) is 18.2 Å². The summed E-state index contributed by atoms with van der Waals surface area (Å²) in [5.41, 5.74) is -0.319. The van der Waals surface area contributed by atoms with Crippen LogP contribution in [0.1, 0.15) is 54.6 Å². The summed E-state index contributed by atoms with van der Waals surface area (Å²) in [7, 11) is 0. The van der Waals surface area contributed by atoms with Gasteiger partial charge in [-0.15, -0.1) is 0 Å². The van der Waals surface area contributed by atoms with Gasteiger partial charge in [-0.2, -0.15) is 5.26 Å². The SMILES string of the molecule is N#C[C@H](C[C@@H]1CCCNC1=O)NC(=O)[C@@H]1[C@@H]2CC(F)(F)C[C@@H]2CN1C(=O)c1cc2c(C(F)F)ccc(Cl)c2[nH]1. The number of nitrogens with zero attached hydrogens (tertiary/aromatic N) is 2. The number of hydrogen-bond donors (Lipinski definition) is 3. The molecule has 2 aromatic rings. The minimum absolute atomic E-state index is 0.0445. The number of fused-ring (bicyclic) bond motifs is 2. The number of halogens is 5. The number of nitrogens with one attached hydrogen (secondary N) is 3. The van der Waals surface area contributed by atoms with Crippen LogP contribution in [0.3, 0.4) is 0 Å². The van der Waals surface area contributed by atoms with E-state index in [1.165, 1.54) is 17.0 Å². The minimum Gasteiger partial charge on any atom is -0.356 e. The van der Waals surface area contributed by atoms with Crippen LogP contribution in [0.4, 0.5) is 17.6 Å². The molecular formula is C26H26ClF4N5O3. The lowest BCUT2D eigenvalue weighted by molar-refractivity contribution is -0.129. The zero-order chi connectivity index (χ0) is 28.1. The summed E-state index contributed by atoms with van der Waals surface area (Å²) in [4.78, 5) is 43.2. The predicted octanol–water partition coefficient (Wildman–Crippen LogP) is 4.17. The van der Waals surface area contributed by atoms with Crippen molar-refractivity contribution in [2.45, 2.75) is 56.5 Å². The molecule has 0 spiro atoms. The Kier molecular flexibility index (Phi) is 7.22. The largest absolute Gasteiger partial charge is 0.356 e. The van der Waals surface area contributed by atoms with E-state index in [4.69, 9.17) is 11.6 Å². The van der Waals surface area contributed by atoms with Gasteiger partial charge in [0, 0.05) is 42.8 Å². The van der Waals surface area contributed by atoms with Crippen molar-refractivity contribution < 1.29 is 31.9 Å². The molecule has 2 aliphatic heterocycles. The van der Waals surface area contributed by atoms with Crippen molar-refractivity contribution in [2.24, 2.45) is 17.8 Å². The van der Waals surface area contributed by atoms with Crippen LogP contribution >= 0.6 is 11.6 Å². The fraction of sp³-hybridized carbons (Fsp3) is 0.538. The third kappa shape index (κ3) is 5.16. The fourth-order valence-corrected chi connectivity index (χ4v) is 6.47. The van der Waals surface area contributed by atoms with E-state index in [1.54, 1.807) is 0 Å². The highest BCUT2D eigenvalue weighted by Gasteiger charge is 2.58. The van der Waals surface area contributed by atoms with E-state index in [0.29, 0.717) is 13.0 Å². The molecule has 1 saturated carbocycles. The fourth-order valence-electron chi connectivity index (χ4n) is 6.25. The first kappa shape index (κ1) is 27.2. The summed E-state index contributed by atoms with van der Waals surface area (Å²) in [6, 6.07) is 3.26. The van der Waals surface area contributed by atoms with Gasteiger partial charge in [0.15, 0.2) is 0 Å². The van der Waals surface area contributed by atoms with E-state index in [-0.39, 0.29) is 46.1 Å². The Morgan fingerprint density at radius 1 is 1.28 bits per heavy atom. The Morgan fingerprint density at radius 3 is 2.74 bits per heavy atom. The molecule has 3 heterocycles. The highest BCUT2D eigenvalue weighted by molar-refractivity contribution is 6.35. The van der Waals surface area contributed by atoms with E-state index in [9.17, 15) is 37.2 Å². The van der Waals surface area contributed by atoms with Crippen LogP contribution in [-0.2, 0) is 9.59 Å². The van der Waals surface area contributed by atoms with Gasteiger partial charge in [0.1, 0.15) is 17.8 Å². The van der Waals surface area contributed by atoms with E-state index < -0.39 is 66.8 Å². The van der Waals surface area contributed by atoms with Gasteiger partial charge in [-0.25, -0.2) is 17.6 Å². The molecule has 1 aromatic carbocycles. The second kappa shape index (κ2) is 10.3. The van der Waals surface area contributed by atoms with E-state index >= 15 is 0 Å². The zero-order valence-corrected chi connectivity index (χ0v) is 21.4. The molecule has 0 unspecified atom stereocenters. The molecule has 5 atom stereocenters. The lowest BCUT2D eigenvalue weighted by Gasteiger charge is -2.29. The average molecular weight is 568 g/mol. The Hall–Kier alpha value is -3.33. The molecule has 1 aliphatic carbocycles. The summed E-state index contributed by atoms with van der Waals surface area (Å²) in [5.74, 6) is -6.70. The first-order valence-electron chi connectivity index (χ1n) is 12.7. The van der Waals surface area contributed by atoms with E-state index in [2.05, 4.69) is 15.6 Å². The number of aromatic nitrogens is 1. The van der Waals surface area contributed by atoms with Gasteiger partial charge in [0.05, 0.1) is 16.6 Å². The highest BCUT2D eigenvalue weighted by Crippen LogP contribution is 2.50. The summed E-state index contributed by atoms with van der Waals surface area (Å²) in [6.07, 6.45) is -2.60. The number of piperidine rings is 1. The number of hydrogen-bond acceptors (Lipinski definition) is 4. The monoisotopic (exact) mass is 567 g/mol. The summed E-state index contributed by atoms with van der Waals surface area (Å²) < 4.78 is 55.7. The molecule has 13 heteroatoms. The van der Waals surface area contributed by atoms with E-state index in [1.807, 2.05) is 6.07 Å². The maximum absolute atomic E-state index is 14.3. The molecule has 0 radical (unpaired) electrons. The maximum atomic E-state index is 14.3. The molecular weight excluding hydrogens is 542 g/mol. The molecule has 3 amide bonds. The first-order chi connectivity index (χ1) is 18.5. The van der Waals surface area contributed by atoms with Crippen molar-refractivity contribution in [1.82, 2.24) is 20.5 Å². The van der Waals surface area contributed by atoms with Gasteiger partial charge in [0.25, 0.3) is 12.3 Å². The number of benzene rings is 1. The smallest absolute Gasteiger partial charge is 0.271 e. The molecule has 3 fully saturated rings. The normalized spacial score (nSPS) is 26.8. The highest BCUT2D eigenvalue weighted by atomic mass is 35.5. The summed E-state index contributed by atoms with van der Waals surface area (Å²) in [6.45, 7) is 0.400. The zero-order valence-electron chi connectivity index (χ0n) is 20.7. The number of carbonyl (C=O) groups is 3. The average Bonchev–Trinajstić information content (AvgIpc) is 3.54.